The average Bonchev–Trinajstić information content (AvgIpc) is 2.68. The molecule has 0 bridgehead atoms. The summed E-state index contributed by atoms with van der Waals surface area (Å²) in [7, 11) is 0. The second kappa shape index (κ2) is 8.96. The van der Waals surface area contributed by atoms with Crippen LogP contribution in [0.1, 0.15) is 29.8 Å². The molecule has 3 rings (SSSR count). The van der Waals surface area contributed by atoms with Crippen LogP contribution in [0.2, 0.25) is 5.02 Å². The van der Waals surface area contributed by atoms with E-state index in [1.165, 1.54) is 4.90 Å². The van der Waals surface area contributed by atoms with Crippen molar-refractivity contribution in [1.29, 1.82) is 0 Å². The maximum atomic E-state index is 12.6. The van der Waals surface area contributed by atoms with E-state index in [1.54, 1.807) is 24.3 Å². The zero-order chi connectivity index (χ0) is 21.0. The standard InChI is InChI=1S/C21H22ClN3O4/c1-13(2)24-19(26)11-25-17-9-14(7-8-18(17)29-12-20(25)27)21(28)23-10-15-5-3-4-6-16(15)22/h3-9,13H,10-12H2,1-2H3,(H,23,28)(H,24,26). The summed E-state index contributed by atoms with van der Waals surface area (Å²) in [5.41, 5.74) is 1.54. The highest BCUT2D eigenvalue weighted by Gasteiger charge is 2.28. The molecule has 7 nitrogen and oxygen atoms in total. The van der Waals surface area contributed by atoms with Gasteiger partial charge in [0.25, 0.3) is 11.8 Å². The summed E-state index contributed by atoms with van der Waals surface area (Å²) in [6.07, 6.45) is 0. The Morgan fingerprint density at radius 3 is 2.69 bits per heavy atom. The minimum absolute atomic E-state index is 0.0416. The average molecular weight is 416 g/mol. The number of rotatable bonds is 6. The Morgan fingerprint density at radius 2 is 1.97 bits per heavy atom. The van der Waals surface area contributed by atoms with Crippen molar-refractivity contribution >= 4 is 35.0 Å². The molecule has 152 valence electrons. The molecule has 2 aromatic carbocycles. The third kappa shape index (κ3) is 5.06. The van der Waals surface area contributed by atoms with E-state index in [1.807, 2.05) is 32.0 Å². The molecule has 1 heterocycles. The van der Waals surface area contributed by atoms with Gasteiger partial charge >= 0.3 is 0 Å². The first-order valence-corrected chi connectivity index (χ1v) is 9.61. The lowest BCUT2D eigenvalue weighted by molar-refractivity contribution is -0.125. The molecule has 1 aliphatic heterocycles. The zero-order valence-electron chi connectivity index (χ0n) is 16.2. The van der Waals surface area contributed by atoms with Gasteiger partial charge in [0.15, 0.2) is 6.61 Å². The van der Waals surface area contributed by atoms with Crippen molar-refractivity contribution in [2.45, 2.75) is 26.4 Å². The fourth-order valence-corrected chi connectivity index (χ4v) is 3.15. The third-order valence-corrected chi connectivity index (χ3v) is 4.68. The van der Waals surface area contributed by atoms with Crippen LogP contribution in [0, 0.1) is 0 Å². The van der Waals surface area contributed by atoms with E-state index in [0.29, 0.717) is 22.0 Å². The molecule has 1 aliphatic rings. The van der Waals surface area contributed by atoms with Gasteiger partial charge < -0.3 is 15.4 Å². The van der Waals surface area contributed by atoms with Crippen LogP contribution < -0.4 is 20.3 Å². The minimum Gasteiger partial charge on any atom is -0.482 e. The van der Waals surface area contributed by atoms with Gasteiger partial charge in [0.2, 0.25) is 5.91 Å². The maximum absolute atomic E-state index is 12.6. The second-order valence-corrected chi connectivity index (χ2v) is 7.35. The number of hydrogen-bond acceptors (Lipinski definition) is 4. The van der Waals surface area contributed by atoms with E-state index >= 15 is 0 Å². The van der Waals surface area contributed by atoms with Gasteiger partial charge in [-0.15, -0.1) is 0 Å². The van der Waals surface area contributed by atoms with Gasteiger partial charge in [-0.1, -0.05) is 29.8 Å². The molecule has 0 atom stereocenters. The normalized spacial score (nSPS) is 13.0. The second-order valence-electron chi connectivity index (χ2n) is 6.95. The van der Waals surface area contributed by atoms with E-state index in [4.69, 9.17) is 16.3 Å². The van der Waals surface area contributed by atoms with Gasteiger partial charge in [-0.05, 0) is 43.7 Å². The SMILES string of the molecule is CC(C)NC(=O)CN1C(=O)COc2ccc(C(=O)NCc3ccccc3Cl)cc21. The highest BCUT2D eigenvalue weighted by atomic mass is 35.5. The number of anilines is 1. The number of nitrogens with one attached hydrogen (secondary N) is 2. The van der Waals surface area contributed by atoms with Crippen LogP contribution >= 0.6 is 11.6 Å². The summed E-state index contributed by atoms with van der Waals surface area (Å²) in [6, 6.07) is 12.0. The van der Waals surface area contributed by atoms with Crippen molar-refractivity contribution in [2.24, 2.45) is 0 Å². The van der Waals surface area contributed by atoms with E-state index < -0.39 is 0 Å². The van der Waals surface area contributed by atoms with Crippen molar-refractivity contribution in [2.75, 3.05) is 18.1 Å². The lowest BCUT2D eigenvalue weighted by atomic mass is 10.1. The van der Waals surface area contributed by atoms with E-state index in [0.717, 1.165) is 5.56 Å². The van der Waals surface area contributed by atoms with Crippen LogP contribution in [-0.4, -0.2) is 36.9 Å². The number of amides is 3. The third-order valence-electron chi connectivity index (χ3n) is 4.31. The number of halogens is 1. The van der Waals surface area contributed by atoms with Crippen molar-refractivity contribution in [3.63, 3.8) is 0 Å². The molecule has 8 heteroatoms. The van der Waals surface area contributed by atoms with Crippen molar-refractivity contribution in [1.82, 2.24) is 10.6 Å². The number of fused-ring (bicyclic) bond motifs is 1. The van der Waals surface area contributed by atoms with Gasteiger partial charge in [0.1, 0.15) is 12.3 Å². The van der Waals surface area contributed by atoms with Crippen LogP contribution in [0.5, 0.6) is 5.75 Å². The quantitative estimate of drug-likeness (QED) is 0.758. The highest BCUT2D eigenvalue weighted by molar-refractivity contribution is 6.31. The Hall–Kier alpha value is -3.06. The van der Waals surface area contributed by atoms with Gasteiger partial charge in [0.05, 0.1) is 5.69 Å². The molecule has 2 aromatic rings. The zero-order valence-corrected chi connectivity index (χ0v) is 17.0. The van der Waals surface area contributed by atoms with E-state index in [9.17, 15) is 14.4 Å². The van der Waals surface area contributed by atoms with Crippen LogP contribution in [0.15, 0.2) is 42.5 Å². The van der Waals surface area contributed by atoms with Crippen molar-refractivity contribution < 1.29 is 19.1 Å². The fraction of sp³-hybridized carbons (Fsp3) is 0.286. The van der Waals surface area contributed by atoms with Crippen LogP contribution in [-0.2, 0) is 16.1 Å². The maximum Gasteiger partial charge on any atom is 0.265 e. The Bertz CT molecular complexity index is 945. The van der Waals surface area contributed by atoms with E-state index in [2.05, 4.69) is 10.6 Å². The number of hydrogen-bond donors (Lipinski definition) is 2. The highest BCUT2D eigenvalue weighted by Crippen LogP contribution is 2.33. The first-order valence-electron chi connectivity index (χ1n) is 9.23. The largest absolute Gasteiger partial charge is 0.482 e. The van der Waals surface area contributed by atoms with Crippen molar-refractivity contribution in [3.8, 4) is 5.75 Å². The van der Waals surface area contributed by atoms with Crippen molar-refractivity contribution in [3.05, 3.63) is 58.6 Å². The molecular formula is C21H22ClN3O4. The Morgan fingerprint density at radius 1 is 1.21 bits per heavy atom. The van der Waals surface area contributed by atoms with Gasteiger partial charge in [-0.3, -0.25) is 19.3 Å². The molecule has 0 aliphatic carbocycles. The fourth-order valence-electron chi connectivity index (χ4n) is 2.95. The number of benzene rings is 2. The van der Waals surface area contributed by atoms with Crippen LogP contribution in [0.25, 0.3) is 0 Å². The van der Waals surface area contributed by atoms with Gasteiger partial charge in [-0.25, -0.2) is 0 Å². The molecule has 0 saturated heterocycles. The summed E-state index contributed by atoms with van der Waals surface area (Å²) in [5, 5.41) is 6.14. The number of carbonyl (C=O) groups is 3. The smallest absolute Gasteiger partial charge is 0.265 e. The molecule has 29 heavy (non-hydrogen) atoms. The monoisotopic (exact) mass is 415 g/mol. The summed E-state index contributed by atoms with van der Waals surface area (Å²) in [4.78, 5) is 38.4. The molecule has 0 saturated carbocycles. The first-order chi connectivity index (χ1) is 13.8. The Labute approximate surface area is 174 Å². The lowest BCUT2D eigenvalue weighted by Gasteiger charge is -2.29. The number of nitrogens with zero attached hydrogens (tertiary/aromatic N) is 1. The Kier molecular flexibility index (Phi) is 6.39. The molecule has 0 fully saturated rings. The van der Waals surface area contributed by atoms with Crippen LogP contribution in [0.4, 0.5) is 5.69 Å². The molecule has 0 radical (unpaired) electrons. The molecule has 3 amide bonds. The Balaban J connectivity index is 1.77. The predicted octanol–water partition coefficient (Wildman–Crippen LogP) is 2.52. The minimum atomic E-state index is -0.343. The van der Waals surface area contributed by atoms with Gasteiger partial charge in [0, 0.05) is 23.2 Å². The summed E-state index contributed by atoms with van der Waals surface area (Å²) in [6.45, 7) is 3.66. The lowest BCUT2D eigenvalue weighted by Crippen LogP contribution is -2.46. The summed E-state index contributed by atoms with van der Waals surface area (Å²) >= 11 is 6.12. The molecule has 0 unspecified atom stereocenters. The molecular weight excluding hydrogens is 394 g/mol. The number of carbonyl (C=O) groups excluding carboxylic acids is 3. The molecule has 0 spiro atoms. The summed E-state index contributed by atoms with van der Waals surface area (Å²) in [5.74, 6) is -0.498. The number of ether oxygens (including phenoxy) is 1. The van der Waals surface area contributed by atoms with Gasteiger partial charge in [-0.2, -0.15) is 0 Å². The predicted molar refractivity (Wildman–Crippen MR) is 110 cm³/mol. The topological polar surface area (TPSA) is 87.7 Å². The molecule has 0 aromatic heterocycles. The summed E-state index contributed by atoms with van der Waals surface area (Å²) < 4.78 is 5.44. The van der Waals surface area contributed by atoms with E-state index in [-0.39, 0.29) is 43.5 Å². The molecule has 2 N–H and O–H groups in total. The first kappa shape index (κ1) is 20.7. The van der Waals surface area contributed by atoms with Crippen LogP contribution in [0.3, 0.4) is 0 Å².